The molecule has 37 heavy (non-hydrogen) atoms. The van der Waals surface area contributed by atoms with Crippen LogP contribution in [0.15, 0.2) is 40.1 Å². The molecule has 1 aliphatic heterocycles. The van der Waals surface area contributed by atoms with Gasteiger partial charge in [0.15, 0.2) is 6.23 Å². The molecular formula is C19H25N3O13P2. The van der Waals surface area contributed by atoms with Gasteiger partial charge in [0.05, 0.1) is 19.4 Å². The topological polar surface area (TPSA) is 247 Å². The standard InChI is InChI=1S/C19H25N3O13P2/c1-10(24)20-13-4-2-3-11(7-23)12(13)9-36(29,30)35-37(31,32)33-8-14-16(26)17(27)18(34-14)22-6-5-15(25)21-19(22)28/h2-6,14,16-18,23,26-27H,7-9H2,1H3,(H,20,24)(H,29,30)(H,31,32)(H,21,25,28)/t14-,16?,17+,18-/m1/s1. The number of rotatable bonds is 10. The van der Waals surface area contributed by atoms with Crippen LogP contribution in [0.25, 0.3) is 0 Å². The maximum absolute atomic E-state index is 12.7. The van der Waals surface area contributed by atoms with Crippen LogP contribution in [0.1, 0.15) is 24.3 Å². The molecule has 0 radical (unpaired) electrons. The minimum atomic E-state index is -5.28. The predicted molar refractivity (Wildman–Crippen MR) is 124 cm³/mol. The second kappa shape index (κ2) is 11.5. The Hall–Kier alpha value is -2.49. The Labute approximate surface area is 208 Å². The maximum atomic E-state index is 12.7. The van der Waals surface area contributed by atoms with Gasteiger partial charge in [0.25, 0.3) is 5.56 Å². The van der Waals surface area contributed by atoms with E-state index < -0.39 is 76.5 Å². The fourth-order valence-corrected chi connectivity index (χ4v) is 6.40. The summed E-state index contributed by atoms with van der Waals surface area (Å²) >= 11 is 0. The van der Waals surface area contributed by atoms with Crippen molar-refractivity contribution >= 4 is 27.0 Å². The smallest absolute Gasteiger partial charge is 0.392 e. The van der Waals surface area contributed by atoms with Crippen molar-refractivity contribution in [2.24, 2.45) is 0 Å². The van der Waals surface area contributed by atoms with Crippen molar-refractivity contribution in [1.82, 2.24) is 9.55 Å². The highest BCUT2D eigenvalue weighted by molar-refractivity contribution is 7.63. The van der Waals surface area contributed by atoms with Crippen LogP contribution in [-0.2, 0) is 40.3 Å². The number of ether oxygens (including phenoxy) is 1. The molecule has 7 N–H and O–H groups in total. The van der Waals surface area contributed by atoms with E-state index in [1.807, 2.05) is 4.98 Å². The highest BCUT2D eigenvalue weighted by Crippen LogP contribution is 2.62. The van der Waals surface area contributed by atoms with Crippen molar-refractivity contribution in [3.05, 3.63) is 62.4 Å². The Morgan fingerprint density at radius 3 is 2.51 bits per heavy atom. The molecule has 1 saturated heterocycles. The summed E-state index contributed by atoms with van der Waals surface area (Å²) in [7, 11) is -10.2. The zero-order valence-corrected chi connectivity index (χ0v) is 21.0. The molecule has 204 valence electrons. The second-order valence-corrected chi connectivity index (χ2v) is 11.4. The SMILES string of the molecule is CC(=O)Nc1cccc(CO)c1CP(=O)(O)OP(=O)(O)OC[C@H]1O[C@@H](n2ccc(=O)[nH]c2=O)[C@@H](O)C1O. The Bertz CT molecular complexity index is 1360. The van der Waals surface area contributed by atoms with Crippen LogP contribution in [-0.4, -0.2) is 65.5 Å². The number of carbonyl (C=O) groups excluding carboxylic acids is 1. The van der Waals surface area contributed by atoms with Gasteiger partial charge in [0.1, 0.15) is 18.3 Å². The molecule has 1 aromatic carbocycles. The van der Waals surface area contributed by atoms with Crippen molar-refractivity contribution in [2.45, 2.75) is 44.2 Å². The van der Waals surface area contributed by atoms with E-state index in [9.17, 15) is 48.6 Å². The van der Waals surface area contributed by atoms with E-state index in [-0.39, 0.29) is 16.8 Å². The van der Waals surface area contributed by atoms with E-state index in [4.69, 9.17) is 4.74 Å². The third kappa shape index (κ3) is 7.30. The number of nitrogens with one attached hydrogen (secondary N) is 2. The number of nitrogens with zero attached hydrogens (tertiary/aromatic N) is 1. The number of hydrogen-bond acceptors (Lipinski definition) is 11. The number of aliphatic hydroxyl groups excluding tert-OH is 3. The molecule has 1 aromatic heterocycles. The number of aromatic amines is 1. The summed E-state index contributed by atoms with van der Waals surface area (Å²) in [6.07, 6.45) is -6.28. The summed E-state index contributed by atoms with van der Waals surface area (Å²) in [5, 5.41) is 32.4. The zero-order chi connectivity index (χ0) is 27.5. The molecule has 0 bridgehead atoms. The monoisotopic (exact) mass is 565 g/mol. The number of carbonyl (C=O) groups is 1. The molecule has 0 saturated carbocycles. The number of H-pyrrole nitrogens is 1. The third-order valence-corrected chi connectivity index (χ3v) is 8.24. The van der Waals surface area contributed by atoms with E-state index in [2.05, 4.69) is 14.2 Å². The molecule has 2 heterocycles. The summed E-state index contributed by atoms with van der Waals surface area (Å²) in [5.74, 6) is -0.513. The molecule has 2 aromatic rings. The van der Waals surface area contributed by atoms with Gasteiger partial charge in [-0.2, -0.15) is 0 Å². The van der Waals surface area contributed by atoms with Crippen molar-refractivity contribution in [1.29, 1.82) is 0 Å². The first-order valence-electron chi connectivity index (χ1n) is 10.6. The summed E-state index contributed by atoms with van der Waals surface area (Å²) in [6.45, 7) is -0.297. The predicted octanol–water partition coefficient (Wildman–Crippen LogP) is -0.874. The first-order valence-corrected chi connectivity index (χ1v) is 13.8. The van der Waals surface area contributed by atoms with Gasteiger partial charge in [-0.1, -0.05) is 12.1 Å². The number of aliphatic hydroxyl groups is 3. The van der Waals surface area contributed by atoms with Crippen molar-refractivity contribution in [3.63, 3.8) is 0 Å². The van der Waals surface area contributed by atoms with Crippen LogP contribution in [0.4, 0.5) is 5.69 Å². The Morgan fingerprint density at radius 2 is 1.89 bits per heavy atom. The number of phosphoric acid groups is 1. The van der Waals surface area contributed by atoms with Crippen LogP contribution < -0.4 is 16.6 Å². The Morgan fingerprint density at radius 1 is 1.19 bits per heavy atom. The fraction of sp³-hybridized carbons (Fsp3) is 0.421. The number of anilines is 1. The lowest BCUT2D eigenvalue weighted by atomic mass is 10.1. The molecule has 0 aliphatic carbocycles. The lowest BCUT2D eigenvalue weighted by molar-refractivity contribution is -0.114. The van der Waals surface area contributed by atoms with Gasteiger partial charge in [-0.25, -0.2) is 13.7 Å². The molecular weight excluding hydrogens is 540 g/mol. The summed E-state index contributed by atoms with van der Waals surface area (Å²) in [5.41, 5.74) is -1.46. The third-order valence-electron chi connectivity index (χ3n) is 5.21. The summed E-state index contributed by atoms with van der Waals surface area (Å²) in [4.78, 5) is 56.8. The van der Waals surface area contributed by atoms with Crippen LogP contribution in [0.2, 0.25) is 0 Å². The average Bonchev–Trinajstić information content (AvgIpc) is 3.06. The first kappa shape index (κ1) is 29.1. The minimum Gasteiger partial charge on any atom is -0.392 e. The van der Waals surface area contributed by atoms with Crippen molar-refractivity contribution in [3.8, 4) is 0 Å². The second-order valence-electron chi connectivity index (χ2n) is 7.99. The van der Waals surface area contributed by atoms with E-state index in [1.54, 1.807) is 0 Å². The molecule has 1 fully saturated rings. The molecule has 3 rings (SSSR count). The van der Waals surface area contributed by atoms with Gasteiger partial charge in [0.2, 0.25) is 5.91 Å². The molecule has 1 amide bonds. The molecule has 0 spiro atoms. The van der Waals surface area contributed by atoms with Crippen LogP contribution in [0.5, 0.6) is 0 Å². The molecule has 18 heteroatoms. The Kier molecular flexibility index (Phi) is 9.03. The average molecular weight is 565 g/mol. The zero-order valence-electron chi connectivity index (χ0n) is 19.2. The lowest BCUT2D eigenvalue weighted by Crippen LogP contribution is -2.37. The van der Waals surface area contributed by atoms with Crippen LogP contribution in [0.3, 0.4) is 0 Å². The quantitative estimate of drug-likeness (QED) is 0.173. The highest BCUT2D eigenvalue weighted by atomic mass is 31.3. The molecule has 3 unspecified atom stereocenters. The van der Waals surface area contributed by atoms with Gasteiger partial charge in [0, 0.05) is 24.9 Å². The summed E-state index contributed by atoms with van der Waals surface area (Å²) in [6, 6.07) is 5.23. The van der Waals surface area contributed by atoms with Gasteiger partial charge >= 0.3 is 21.1 Å². The van der Waals surface area contributed by atoms with Gasteiger partial charge in [-0.15, -0.1) is 0 Å². The number of benzene rings is 1. The number of hydrogen-bond donors (Lipinski definition) is 7. The molecule has 1 aliphatic rings. The van der Waals surface area contributed by atoms with E-state index in [0.29, 0.717) is 0 Å². The highest BCUT2D eigenvalue weighted by Gasteiger charge is 2.46. The normalized spacial score (nSPS) is 24.8. The van der Waals surface area contributed by atoms with E-state index in [0.717, 1.165) is 16.8 Å². The molecule has 6 atom stereocenters. The van der Waals surface area contributed by atoms with Gasteiger partial charge in [-0.05, 0) is 17.2 Å². The largest absolute Gasteiger partial charge is 0.479 e. The van der Waals surface area contributed by atoms with Crippen molar-refractivity contribution in [2.75, 3.05) is 11.9 Å². The summed E-state index contributed by atoms with van der Waals surface area (Å²) < 4.78 is 40.3. The van der Waals surface area contributed by atoms with Gasteiger partial charge < -0.3 is 35.2 Å². The van der Waals surface area contributed by atoms with E-state index in [1.165, 1.54) is 25.1 Å². The van der Waals surface area contributed by atoms with Crippen LogP contribution >= 0.6 is 15.4 Å². The fourth-order valence-electron chi connectivity index (χ4n) is 3.58. The van der Waals surface area contributed by atoms with Crippen LogP contribution in [0, 0.1) is 0 Å². The van der Waals surface area contributed by atoms with Crippen molar-refractivity contribution < 1.29 is 52.6 Å². The Balaban J connectivity index is 1.69. The first-order chi connectivity index (χ1) is 17.2. The van der Waals surface area contributed by atoms with E-state index >= 15 is 0 Å². The number of phosphoric ester groups is 1. The maximum Gasteiger partial charge on any atom is 0.479 e. The molecule has 16 nitrogen and oxygen atoms in total. The minimum absolute atomic E-state index is 0.0158. The number of aromatic nitrogens is 2. The lowest BCUT2D eigenvalue weighted by Gasteiger charge is -2.21. The number of amides is 1. The van der Waals surface area contributed by atoms with Gasteiger partial charge in [-0.3, -0.25) is 28.2 Å².